The van der Waals surface area contributed by atoms with E-state index in [1.54, 1.807) is 0 Å². The molecule has 3 N–H and O–H groups in total. The van der Waals surface area contributed by atoms with E-state index in [1.807, 2.05) is 24.3 Å². The Balaban J connectivity index is 1.87. The summed E-state index contributed by atoms with van der Waals surface area (Å²) in [5.41, 5.74) is 7.44. The molecule has 21 heavy (non-hydrogen) atoms. The second-order valence-electron chi connectivity index (χ2n) is 6.40. The minimum absolute atomic E-state index is 0.00315. The molecule has 0 bridgehead atoms. The minimum Gasteiger partial charge on any atom is -0.389 e. The van der Waals surface area contributed by atoms with Crippen molar-refractivity contribution in [3.8, 4) is 0 Å². The molecule has 0 radical (unpaired) electrons. The van der Waals surface area contributed by atoms with E-state index in [4.69, 9.17) is 18.0 Å². The molecule has 1 aromatic carbocycles. The normalized spacial score (nSPS) is 17.6. The van der Waals surface area contributed by atoms with Gasteiger partial charge in [0.2, 0.25) is 5.91 Å². The Bertz CT molecular complexity index is 542. The van der Waals surface area contributed by atoms with Crippen LogP contribution in [-0.2, 0) is 4.79 Å². The lowest BCUT2D eigenvalue weighted by molar-refractivity contribution is -0.116. The molecular formula is C16H23N3OS. The summed E-state index contributed by atoms with van der Waals surface area (Å²) in [7, 11) is 0. The number of para-hydroxylation sites is 1. The van der Waals surface area contributed by atoms with Crippen LogP contribution in [0.15, 0.2) is 24.3 Å². The van der Waals surface area contributed by atoms with Gasteiger partial charge in [0.15, 0.2) is 0 Å². The number of nitrogens with two attached hydrogens (primary N) is 1. The van der Waals surface area contributed by atoms with Gasteiger partial charge in [-0.05, 0) is 30.5 Å². The van der Waals surface area contributed by atoms with E-state index >= 15 is 0 Å². The highest BCUT2D eigenvalue weighted by molar-refractivity contribution is 7.80. The van der Waals surface area contributed by atoms with Crippen LogP contribution in [0.1, 0.15) is 32.3 Å². The summed E-state index contributed by atoms with van der Waals surface area (Å²) in [6.07, 6.45) is 1.68. The quantitative estimate of drug-likeness (QED) is 0.820. The van der Waals surface area contributed by atoms with Crippen LogP contribution in [0.5, 0.6) is 0 Å². The van der Waals surface area contributed by atoms with E-state index in [0.717, 1.165) is 19.6 Å². The van der Waals surface area contributed by atoms with Gasteiger partial charge in [0.05, 0.1) is 5.69 Å². The number of hydrogen-bond acceptors (Lipinski definition) is 3. The molecule has 0 aliphatic carbocycles. The third-order valence-electron chi connectivity index (χ3n) is 3.88. The molecule has 0 atom stereocenters. The molecule has 0 unspecified atom stereocenters. The SMILES string of the molecule is CC1(C)CCN(CCC(=O)Nc2ccccc2C(N)=S)C1. The first-order valence-corrected chi connectivity index (χ1v) is 7.69. The van der Waals surface area contributed by atoms with E-state index in [2.05, 4.69) is 24.1 Å². The number of benzene rings is 1. The number of carbonyl (C=O) groups excluding carboxylic acids is 1. The minimum atomic E-state index is 0.00315. The van der Waals surface area contributed by atoms with Gasteiger partial charge in [0.25, 0.3) is 0 Å². The fourth-order valence-electron chi connectivity index (χ4n) is 2.69. The monoisotopic (exact) mass is 305 g/mol. The van der Waals surface area contributed by atoms with Gasteiger partial charge in [-0.25, -0.2) is 0 Å². The Kier molecular flexibility index (Phi) is 4.96. The second-order valence-corrected chi connectivity index (χ2v) is 6.84. The number of nitrogens with zero attached hydrogens (tertiary/aromatic N) is 1. The van der Waals surface area contributed by atoms with Gasteiger partial charge < -0.3 is 16.0 Å². The van der Waals surface area contributed by atoms with Crippen molar-refractivity contribution in [2.75, 3.05) is 25.0 Å². The van der Waals surface area contributed by atoms with Gasteiger partial charge in [-0.1, -0.05) is 38.2 Å². The molecule has 5 heteroatoms. The molecule has 0 saturated carbocycles. The maximum atomic E-state index is 12.1. The first-order chi connectivity index (χ1) is 9.87. The molecule has 1 fully saturated rings. The number of carbonyl (C=O) groups is 1. The van der Waals surface area contributed by atoms with Crippen molar-refractivity contribution >= 4 is 28.8 Å². The Morgan fingerprint density at radius 2 is 2.14 bits per heavy atom. The first-order valence-electron chi connectivity index (χ1n) is 7.28. The zero-order valence-electron chi connectivity index (χ0n) is 12.7. The van der Waals surface area contributed by atoms with Crippen LogP contribution >= 0.6 is 12.2 Å². The average Bonchev–Trinajstić information content (AvgIpc) is 2.76. The van der Waals surface area contributed by atoms with E-state index in [1.165, 1.54) is 6.42 Å². The highest BCUT2D eigenvalue weighted by Crippen LogP contribution is 2.28. The van der Waals surface area contributed by atoms with Crippen molar-refractivity contribution in [2.24, 2.45) is 11.1 Å². The molecule has 1 amide bonds. The highest BCUT2D eigenvalue weighted by Gasteiger charge is 2.28. The number of likely N-dealkylation sites (tertiary alicyclic amines) is 1. The summed E-state index contributed by atoms with van der Waals surface area (Å²) in [6.45, 7) is 7.47. The van der Waals surface area contributed by atoms with Crippen molar-refractivity contribution < 1.29 is 4.79 Å². The number of anilines is 1. The molecule has 2 rings (SSSR count). The van der Waals surface area contributed by atoms with E-state index in [9.17, 15) is 4.79 Å². The van der Waals surface area contributed by atoms with Crippen molar-refractivity contribution in [1.29, 1.82) is 0 Å². The molecule has 0 spiro atoms. The van der Waals surface area contributed by atoms with Crippen LogP contribution < -0.4 is 11.1 Å². The summed E-state index contributed by atoms with van der Waals surface area (Å²) < 4.78 is 0. The lowest BCUT2D eigenvalue weighted by Crippen LogP contribution is -2.27. The fraction of sp³-hybridized carbons (Fsp3) is 0.500. The van der Waals surface area contributed by atoms with Crippen molar-refractivity contribution in [2.45, 2.75) is 26.7 Å². The summed E-state index contributed by atoms with van der Waals surface area (Å²) >= 11 is 5.00. The average molecular weight is 305 g/mol. The van der Waals surface area contributed by atoms with Crippen LogP contribution in [0.25, 0.3) is 0 Å². The van der Waals surface area contributed by atoms with E-state index in [-0.39, 0.29) is 5.91 Å². The van der Waals surface area contributed by atoms with Gasteiger partial charge >= 0.3 is 0 Å². The van der Waals surface area contributed by atoms with Crippen molar-refractivity contribution in [3.05, 3.63) is 29.8 Å². The van der Waals surface area contributed by atoms with Crippen LogP contribution in [0, 0.1) is 5.41 Å². The molecule has 1 saturated heterocycles. The number of nitrogens with one attached hydrogen (secondary N) is 1. The summed E-state index contributed by atoms with van der Waals surface area (Å²) in [5, 5.41) is 2.90. The van der Waals surface area contributed by atoms with E-state index in [0.29, 0.717) is 28.1 Å². The Morgan fingerprint density at radius 3 is 2.76 bits per heavy atom. The molecule has 1 aliphatic rings. The van der Waals surface area contributed by atoms with Crippen LogP contribution in [0.3, 0.4) is 0 Å². The standard InChI is InChI=1S/C16H23N3OS/c1-16(2)8-10-19(11-16)9-7-14(20)18-13-6-4-3-5-12(13)15(17)21/h3-6H,7-11H2,1-2H3,(H2,17,21)(H,18,20). The van der Waals surface area contributed by atoms with Gasteiger partial charge in [-0.3, -0.25) is 4.79 Å². The summed E-state index contributed by atoms with van der Waals surface area (Å²) in [6, 6.07) is 7.36. The summed E-state index contributed by atoms with van der Waals surface area (Å²) in [4.78, 5) is 14.7. The fourth-order valence-corrected chi connectivity index (χ4v) is 2.87. The smallest absolute Gasteiger partial charge is 0.225 e. The maximum absolute atomic E-state index is 12.1. The molecule has 114 valence electrons. The van der Waals surface area contributed by atoms with Gasteiger partial charge in [-0.2, -0.15) is 0 Å². The van der Waals surface area contributed by atoms with E-state index < -0.39 is 0 Å². The number of amides is 1. The molecule has 0 aromatic heterocycles. The number of rotatable bonds is 5. The molecular weight excluding hydrogens is 282 g/mol. The number of hydrogen-bond donors (Lipinski definition) is 2. The van der Waals surface area contributed by atoms with Gasteiger partial charge in [-0.15, -0.1) is 0 Å². The predicted octanol–water partition coefficient (Wildman–Crippen LogP) is 2.38. The lowest BCUT2D eigenvalue weighted by atomic mass is 9.93. The van der Waals surface area contributed by atoms with Gasteiger partial charge in [0, 0.05) is 25.1 Å². The highest BCUT2D eigenvalue weighted by atomic mass is 32.1. The van der Waals surface area contributed by atoms with Gasteiger partial charge in [0.1, 0.15) is 4.99 Å². The predicted molar refractivity (Wildman–Crippen MR) is 90.4 cm³/mol. The lowest BCUT2D eigenvalue weighted by Gasteiger charge is -2.19. The third kappa shape index (κ3) is 4.51. The van der Waals surface area contributed by atoms with Crippen molar-refractivity contribution in [1.82, 2.24) is 4.90 Å². The molecule has 4 nitrogen and oxygen atoms in total. The first kappa shape index (κ1) is 15.9. The molecule has 1 aromatic rings. The molecule has 1 aliphatic heterocycles. The number of thiocarbonyl (C=S) groups is 1. The van der Waals surface area contributed by atoms with Crippen molar-refractivity contribution in [3.63, 3.8) is 0 Å². The zero-order chi connectivity index (χ0) is 15.5. The zero-order valence-corrected chi connectivity index (χ0v) is 13.5. The van der Waals surface area contributed by atoms with Crippen LogP contribution in [0.4, 0.5) is 5.69 Å². The largest absolute Gasteiger partial charge is 0.389 e. The van der Waals surface area contributed by atoms with Crippen LogP contribution in [0.2, 0.25) is 0 Å². The Labute approximate surface area is 131 Å². The third-order valence-corrected chi connectivity index (χ3v) is 4.10. The Morgan fingerprint density at radius 1 is 1.43 bits per heavy atom. The Hall–Kier alpha value is -1.46. The topological polar surface area (TPSA) is 58.4 Å². The summed E-state index contributed by atoms with van der Waals surface area (Å²) in [5.74, 6) is 0.00315. The second kappa shape index (κ2) is 6.54. The molecule has 1 heterocycles. The van der Waals surface area contributed by atoms with Crippen LogP contribution in [-0.4, -0.2) is 35.4 Å². The maximum Gasteiger partial charge on any atom is 0.225 e.